The molecule has 0 aliphatic carbocycles. The summed E-state index contributed by atoms with van der Waals surface area (Å²) in [5, 5.41) is 25.7. The van der Waals surface area contributed by atoms with Crippen LogP contribution in [0.15, 0.2) is 106 Å². The number of imide groups is 1. The van der Waals surface area contributed by atoms with Crippen molar-refractivity contribution in [1.82, 2.24) is 25.1 Å². The Morgan fingerprint density at radius 3 is 2.50 bits per heavy atom. The summed E-state index contributed by atoms with van der Waals surface area (Å²) >= 11 is 1.87. The Balaban J connectivity index is 1.24. The summed E-state index contributed by atoms with van der Waals surface area (Å²) in [5.41, 5.74) is 1.80. The fourth-order valence-electron chi connectivity index (χ4n) is 4.23. The van der Waals surface area contributed by atoms with Crippen LogP contribution in [0, 0.1) is 10.1 Å². The van der Waals surface area contributed by atoms with Crippen LogP contribution >= 0.6 is 23.5 Å². The monoisotopic (exact) mass is 566 g/mol. The number of nitro benzene ring substituents is 1. The van der Waals surface area contributed by atoms with Crippen molar-refractivity contribution in [3.05, 3.63) is 117 Å². The second-order valence-electron chi connectivity index (χ2n) is 8.74. The van der Waals surface area contributed by atoms with Gasteiger partial charge in [0.2, 0.25) is 5.16 Å². The van der Waals surface area contributed by atoms with Gasteiger partial charge in [0.25, 0.3) is 16.8 Å². The van der Waals surface area contributed by atoms with E-state index in [9.17, 15) is 19.7 Å². The molecule has 40 heavy (non-hydrogen) atoms. The Hall–Kier alpha value is -4.81. The molecule has 196 valence electrons. The zero-order chi connectivity index (χ0) is 27.6. The van der Waals surface area contributed by atoms with E-state index in [2.05, 4.69) is 15.5 Å². The van der Waals surface area contributed by atoms with Crippen molar-refractivity contribution in [2.24, 2.45) is 0 Å². The highest BCUT2D eigenvalue weighted by atomic mass is 32.2. The number of carbonyl (C=O) groups excluding carboxylic acids is 2. The number of hydrogen-bond donors (Lipinski definition) is 0. The molecule has 0 N–H and O–H groups in total. The molecule has 12 heteroatoms. The maximum atomic E-state index is 13.1. The summed E-state index contributed by atoms with van der Waals surface area (Å²) < 4.78 is 1.49. The maximum Gasteiger partial charge on any atom is 0.293 e. The van der Waals surface area contributed by atoms with Gasteiger partial charge in [-0.2, -0.15) is 4.68 Å². The molecule has 5 aromatic rings. The molecule has 2 heterocycles. The van der Waals surface area contributed by atoms with Crippen LogP contribution in [0.2, 0.25) is 0 Å². The molecule has 0 bridgehead atoms. The van der Waals surface area contributed by atoms with E-state index in [1.165, 1.54) is 21.7 Å². The molecule has 0 radical (unpaired) electrons. The summed E-state index contributed by atoms with van der Waals surface area (Å²) in [7, 11) is 0. The molecule has 0 saturated carbocycles. The van der Waals surface area contributed by atoms with Crippen LogP contribution < -0.4 is 0 Å². The molecule has 4 aromatic carbocycles. The van der Waals surface area contributed by atoms with Gasteiger partial charge >= 0.3 is 0 Å². The van der Waals surface area contributed by atoms with Gasteiger partial charge in [0.1, 0.15) is 0 Å². The summed E-state index contributed by atoms with van der Waals surface area (Å²) in [6, 6.07) is 27.5. The number of carbonyl (C=O) groups is 2. The fourth-order valence-corrected chi connectivity index (χ4v) is 5.95. The van der Waals surface area contributed by atoms with E-state index in [1.807, 2.05) is 72.8 Å². The first-order valence-corrected chi connectivity index (χ1v) is 13.6. The quantitative estimate of drug-likeness (QED) is 0.130. The summed E-state index contributed by atoms with van der Waals surface area (Å²) in [5.74, 6) is -0.439. The van der Waals surface area contributed by atoms with Gasteiger partial charge in [0, 0.05) is 6.07 Å². The summed E-state index contributed by atoms with van der Waals surface area (Å²) in [6.45, 7) is 0.138. The molecule has 1 saturated heterocycles. The van der Waals surface area contributed by atoms with E-state index < -0.39 is 10.8 Å². The Kier molecular flexibility index (Phi) is 6.84. The SMILES string of the molecule is O=C1S/C(=C\c2ccc(Sc3nnnn3-c3ccccc3)c([N+](=O)[O-])c2)C(=O)N1Cc1ccc2ccccc2c1. The lowest BCUT2D eigenvalue weighted by Gasteiger charge is -2.13. The lowest BCUT2D eigenvalue weighted by Crippen LogP contribution is -2.27. The van der Waals surface area contributed by atoms with Gasteiger partial charge in [0.15, 0.2) is 0 Å². The number of rotatable bonds is 7. The average molecular weight is 567 g/mol. The van der Waals surface area contributed by atoms with Crippen molar-refractivity contribution >= 4 is 57.2 Å². The number of fused-ring (bicyclic) bond motifs is 1. The molecule has 2 amide bonds. The normalized spacial score (nSPS) is 14.4. The fraction of sp³-hybridized carbons (Fsp3) is 0.0357. The Labute approximate surface area is 235 Å². The second kappa shape index (κ2) is 10.8. The predicted molar refractivity (Wildman–Crippen MR) is 152 cm³/mol. The van der Waals surface area contributed by atoms with Gasteiger partial charge in [-0.25, -0.2) is 0 Å². The number of tetrazole rings is 1. The highest BCUT2D eigenvalue weighted by molar-refractivity contribution is 8.18. The first kappa shape index (κ1) is 25.5. The zero-order valence-electron chi connectivity index (χ0n) is 20.6. The summed E-state index contributed by atoms with van der Waals surface area (Å²) in [6.07, 6.45) is 1.50. The molecule has 0 atom stereocenters. The van der Waals surface area contributed by atoms with Crippen LogP contribution in [0.1, 0.15) is 11.1 Å². The van der Waals surface area contributed by atoms with Crippen LogP contribution in [0.3, 0.4) is 0 Å². The standard InChI is InChI=1S/C28H18N6O4S2/c35-26-25(40-28(36)32(26)17-19-10-12-20-6-4-5-7-21(20)14-19)16-18-11-13-24(23(15-18)34(37)38)39-27-29-30-31-33(27)22-8-2-1-3-9-22/h1-16H,17H2/b25-16-. The third-order valence-electron chi connectivity index (χ3n) is 6.15. The minimum absolute atomic E-state index is 0.138. The lowest BCUT2D eigenvalue weighted by atomic mass is 10.1. The Morgan fingerprint density at radius 2 is 1.70 bits per heavy atom. The number of nitro groups is 1. The van der Waals surface area contributed by atoms with Crippen molar-refractivity contribution in [3.63, 3.8) is 0 Å². The summed E-state index contributed by atoms with van der Waals surface area (Å²) in [4.78, 5) is 39.0. The van der Waals surface area contributed by atoms with Gasteiger partial charge in [0.05, 0.1) is 27.0 Å². The number of benzene rings is 4. The molecule has 10 nitrogen and oxygen atoms in total. The van der Waals surface area contributed by atoms with E-state index in [0.29, 0.717) is 21.3 Å². The number of nitrogens with zero attached hydrogens (tertiary/aromatic N) is 6. The van der Waals surface area contributed by atoms with Gasteiger partial charge < -0.3 is 0 Å². The minimum Gasteiger partial charge on any atom is -0.268 e. The van der Waals surface area contributed by atoms with Crippen LogP contribution in [-0.2, 0) is 11.3 Å². The van der Waals surface area contributed by atoms with Crippen molar-refractivity contribution in [2.45, 2.75) is 16.6 Å². The maximum absolute atomic E-state index is 13.1. The highest BCUT2D eigenvalue weighted by Crippen LogP contribution is 2.37. The molecule has 1 aromatic heterocycles. The third-order valence-corrected chi connectivity index (χ3v) is 8.06. The molecule has 0 spiro atoms. The molecule has 1 fully saturated rings. The number of para-hydroxylation sites is 1. The van der Waals surface area contributed by atoms with Crippen LogP contribution in [-0.4, -0.2) is 41.2 Å². The number of thioether (sulfide) groups is 1. The smallest absolute Gasteiger partial charge is 0.268 e. The van der Waals surface area contributed by atoms with Crippen LogP contribution in [0.5, 0.6) is 0 Å². The largest absolute Gasteiger partial charge is 0.293 e. The van der Waals surface area contributed by atoms with E-state index in [0.717, 1.165) is 39.9 Å². The van der Waals surface area contributed by atoms with E-state index >= 15 is 0 Å². The predicted octanol–water partition coefficient (Wildman–Crippen LogP) is 6.11. The van der Waals surface area contributed by atoms with Crippen LogP contribution in [0.4, 0.5) is 10.5 Å². The van der Waals surface area contributed by atoms with E-state index in [4.69, 9.17) is 0 Å². The van der Waals surface area contributed by atoms with Crippen molar-refractivity contribution in [1.29, 1.82) is 0 Å². The lowest BCUT2D eigenvalue weighted by molar-refractivity contribution is -0.387. The molecule has 0 unspecified atom stereocenters. The first-order valence-electron chi connectivity index (χ1n) is 12.0. The number of hydrogen-bond acceptors (Lipinski definition) is 9. The van der Waals surface area contributed by atoms with Gasteiger partial charge in [-0.1, -0.05) is 60.7 Å². The van der Waals surface area contributed by atoms with Crippen LogP contribution in [0.25, 0.3) is 22.5 Å². The first-order chi connectivity index (χ1) is 19.5. The molecule has 1 aliphatic rings. The highest BCUT2D eigenvalue weighted by Gasteiger charge is 2.35. The van der Waals surface area contributed by atoms with Gasteiger partial charge in [-0.15, -0.1) is 5.10 Å². The van der Waals surface area contributed by atoms with E-state index in [1.54, 1.807) is 12.1 Å². The molecule has 1 aliphatic heterocycles. The number of aromatic nitrogens is 4. The Morgan fingerprint density at radius 1 is 0.925 bits per heavy atom. The zero-order valence-corrected chi connectivity index (χ0v) is 22.2. The minimum atomic E-state index is -0.498. The second-order valence-corrected chi connectivity index (χ2v) is 10.7. The third kappa shape index (κ3) is 5.09. The van der Waals surface area contributed by atoms with Crippen molar-refractivity contribution in [2.75, 3.05) is 0 Å². The van der Waals surface area contributed by atoms with Gasteiger partial charge in [-0.05, 0) is 86.2 Å². The van der Waals surface area contributed by atoms with Crippen molar-refractivity contribution < 1.29 is 14.5 Å². The Bertz CT molecular complexity index is 1820. The average Bonchev–Trinajstić information content (AvgIpc) is 3.54. The molecular weight excluding hydrogens is 548 g/mol. The molecule has 6 rings (SSSR count). The van der Waals surface area contributed by atoms with Gasteiger partial charge in [-0.3, -0.25) is 24.6 Å². The molecular formula is C28H18N6O4S2. The van der Waals surface area contributed by atoms with Crippen molar-refractivity contribution in [3.8, 4) is 5.69 Å². The topological polar surface area (TPSA) is 124 Å². The van der Waals surface area contributed by atoms with E-state index in [-0.39, 0.29) is 22.4 Å². The number of amides is 2.